The van der Waals surface area contributed by atoms with Crippen molar-refractivity contribution >= 4 is 23.2 Å². The molecule has 3 N–H and O–H groups in total. The topological polar surface area (TPSA) is 124 Å². The maximum absolute atomic E-state index is 13.1. The molecule has 0 radical (unpaired) electrons. The highest BCUT2D eigenvalue weighted by molar-refractivity contribution is 6.44. The Balaban J connectivity index is 2.00. The lowest BCUT2D eigenvalue weighted by Gasteiger charge is -2.14. The van der Waals surface area contributed by atoms with Gasteiger partial charge < -0.3 is 15.6 Å². The number of Topliss-reactive ketones (excluding diaryl/α,β-unsaturated/α-hetero) is 1. The van der Waals surface area contributed by atoms with E-state index in [1.807, 2.05) is 61.5 Å². The molecule has 8 heteroatoms. The number of hydrogen-bond acceptors (Lipinski definition) is 5. The second kappa shape index (κ2) is 10.0. The summed E-state index contributed by atoms with van der Waals surface area (Å²) in [5, 5.41) is 14.0. The number of ether oxygens (including phenoxy) is 1. The van der Waals surface area contributed by atoms with Crippen LogP contribution in [0.25, 0.3) is 16.6 Å². The van der Waals surface area contributed by atoms with E-state index in [1.165, 1.54) is 6.92 Å². The summed E-state index contributed by atoms with van der Waals surface area (Å²) in [6, 6.07) is 19.5. The van der Waals surface area contributed by atoms with Crippen molar-refractivity contribution in [2.24, 2.45) is 5.73 Å². The molecule has 0 saturated heterocycles. The number of hydrogen-bond donors (Lipinski definition) is 2. The average molecular weight is 486 g/mol. The minimum Gasteiger partial charge on any atom is -0.479 e. The maximum Gasteiger partial charge on any atom is 0.344 e. The Labute approximate surface area is 208 Å². The van der Waals surface area contributed by atoms with Crippen molar-refractivity contribution in [3.05, 3.63) is 88.7 Å². The molecule has 4 rings (SSSR count). The van der Waals surface area contributed by atoms with Gasteiger partial charge in [-0.1, -0.05) is 61.5 Å². The van der Waals surface area contributed by atoms with Gasteiger partial charge in [0.2, 0.25) is 0 Å². The molecule has 0 aliphatic heterocycles. The van der Waals surface area contributed by atoms with E-state index in [4.69, 9.17) is 10.5 Å². The number of benzene rings is 2. The number of primary amides is 1. The lowest BCUT2D eigenvalue weighted by Crippen LogP contribution is -2.25. The van der Waals surface area contributed by atoms with Crippen LogP contribution in [0.5, 0.6) is 5.75 Å². The van der Waals surface area contributed by atoms with E-state index in [0.29, 0.717) is 29.8 Å². The molecule has 36 heavy (non-hydrogen) atoms. The van der Waals surface area contributed by atoms with Crippen LogP contribution in [0.3, 0.4) is 0 Å². The lowest BCUT2D eigenvalue weighted by atomic mass is 9.94. The Morgan fingerprint density at radius 1 is 1.08 bits per heavy atom. The summed E-state index contributed by atoms with van der Waals surface area (Å²) in [6.07, 6.45) is -0.353. The first-order chi connectivity index (χ1) is 17.2. The zero-order valence-electron chi connectivity index (χ0n) is 20.3. The maximum atomic E-state index is 13.1. The van der Waals surface area contributed by atoms with Gasteiger partial charge in [-0.05, 0) is 42.5 Å². The minimum atomic E-state index is -1.19. The van der Waals surface area contributed by atoms with Gasteiger partial charge in [-0.3, -0.25) is 9.59 Å². The van der Waals surface area contributed by atoms with Crippen LogP contribution in [0.4, 0.5) is 0 Å². The van der Waals surface area contributed by atoms with Gasteiger partial charge in [0.1, 0.15) is 11.3 Å². The minimum absolute atomic E-state index is 0.0947. The molecule has 1 unspecified atom stereocenters. The predicted octanol–water partition coefficient (Wildman–Crippen LogP) is 3.98. The second-order valence-electron chi connectivity index (χ2n) is 8.56. The Morgan fingerprint density at radius 3 is 2.39 bits per heavy atom. The van der Waals surface area contributed by atoms with Crippen molar-refractivity contribution in [1.82, 2.24) is 9.61 Å². The molecule has 0 spiro atoms. The van der Waals surface area contributed by atoms with Gasteiger partial charge in [0.15, 0.2) is 6.10 Å². The number of aryl methyl sites for hydroxylation is 1. The summed E-state index contributed by atoms with van der Waals surface area (Å²) in [4.78, 5) is 36.6. The van der Waals surface area contributed by atoms with E-state index in [1.54, 1.807) is 17.5 Å². The van der Waals surface area contributed by atoms with Crippen molar-refractivity contribution in [2.75, 3.05) is 0 Å². The molecule has 0 saturated carbocycles. The fourth-order valence-electron chi connectivity index (χ4n) is 4.45. The standard InChI is InChI=1S/C28H27N3O5/c1-4-20-22(15-19-12-8-9-13-21(19)18-10-6-5-7-11-18)31-25(24(20)26(32)27(29)33)23(14-16(2)30-31)36-17(3)28(34)35/h5-14,17H,4,15H2,1-3H3,(H2,29,33)(H,34,35). The molecule has 0 aliphatic rings. The SMILES string of the molecule is CCc1c(C(=O)C(N)=O)c2c(OC(C)C(=O)O)cc(C)nn2c1Cc1ccccc1-c1ccccc1. The third kappa shape index (κ3) is 4.57. The number of fused-ring (bicyclic) bond motifs is 1. The number of carbonyl (C=O) groups excluding carboxylic acids is 2. The van der Waals surface area contributed by atoms with E-state index < -0.39 is 23.8 Å². The van der Waals surface area contributed by atoms with Crippen molar-refractivity contribution in [2.45, 2.75) is 39.7 Å². The molecule has 0 bridgehead atoms. The van der Waals surface area contributed by atoms with E-state index in [9.17, 15) is 19.5 Å². The van der Waals surface area contributed by atoms with Crippen LogP contribution in [0.2, 0.25) is 0 Å². The fourth-order valence-corrected chi connectivity index (χ4v) is 4.45. The first-order valence-electron chi connectivity index (χ1n) is 11.6. The number of aromatic nitrogens is 2. The second-order valence-corrected chi connectivity index (χ2v) is 8.56. The van der Waals surface area contributed by atoms with Gasteiger partial charge in [0, 0.05) is 12.5 Å². The van der Waals surface area contributed by atoms with E-state index in [0.717, 1.165) is 16.7 Å². The highest BCUT2D eigenvalue weighted by atomic mass is 16.5. The Kier molecular flexibility index (Phi) is 6.87. The van der Waals surface area contributed by atoms with E-state index in [2.05, 4.69) is 5.10 Å². The van der Waals surface area contributed by atoms with Crippen LogP contribution in [0.1, 0.15) is 46.7 Å². The first kappa shape index (κ1) is 24.7. The summed E-state index contributed by atoms with van der Waals surface area (Å²) in [6.45, 7) is 5.03. The zero-order valence-corrected chi connectivity index (χ0v) is 20.3. The quantitative estimate of drug-likeness (QED) is 0.273. The molecule has 2 heterocycles. The number of rotatable bonds is 9. The van der Waals surface area contributed by atoms with Crippen LogP contribution in [-0.2, 0) is 22.4 Å². The Bertz CT molecular complexity index is 1470. The number of ketones is 1. The number of aliphatic carboxylic acids is 1. The third-order valence-electron chi connectivity index (χ3n) is 6.10. The lowest BCUT2D eigenvalue weighted by molar-refractivity contribution is -0.144. The monoisotopic (exact) mass is 485 g/mol. The van der Waals surface area contributed by atoms with Crippen molar-refractivity contribution in [3.8, 4) is 16.9 Å². The average Bonchev–Trinajstić information content (AvgIpc) is 3.17. The highest BCUT2D eigenvalue weighted by Crippen LogP contribution is 2.35. The summed E-state index contributed by atoms with van der Waals surface area (Å²) < 4.78 is 7.33. The molecule has 1 atom stereocenters. The Morgan fingerprint density at radius 2 is 1.75 bits per heavy atom. The van der Waals surface area contributed by atoms with Gasteiger partial charge in [-0.2, -0.15) is 5.10 Å². The van der Waals surface area contributed by atoms with Crippen LogP contribution in [-0.4, -0.2) is 38.5 Å². The van der Waals surface area contributed by atoms with Gasteiger partial charge in [0.05, 0.1) is 17.0 Å². The molecule has 2 aromatic heterocycles. The normalized spacial score (nSPS) is 11.9. The van der Waals surface area contributed by atoms with Crippen LogP contribution < -0.4 is 10.5 Å². The number of carboxylic acids is 1. The molecule has 8 nitrogen and oxygen atoms in total. The molecular formula is C28H27N3O5. The number of carbonyl (C=O) groups is 3. The largest absolute Gasteiger partial charge is 0.479 e. The molecular weight excluding hydrogens is 458 g/mol. The van der Waals surface area contributed by atoms with E-state index >= 15 is 0 Å². The third-order valence-corrected chi connectivity index (χ3v) is 6.10. The molecule has 4 aromatic rings. The van der Waals surface area contributed by atoms with Crippen LogP contribution >= 0.6 is 0 Å². The molecule has 0 aliphatic carbocycles. The molecule has 1 amide bonds. The van der Waals surface area contributed by atoms with Gasteiger partial charge in [-0.25, -0.2) is 9.31 Å². The van der Waals surface area contributed by atoms with Gasteiger partial charge in [-0.15, -0.1) is 0 Å². The summed E-state index contributed by atoms with van der Waals surface area (Å²) in [7, 11) is 0. The van der Waals surface area contributed by atoms with Gasteiger partial charge in [0.25, 0.3) is 11.7 Å². The summed E-state index contributed by atoms with van der Waals surface area (Å²) in [5.74, 6) is -2.99. The van der Waals surface area contributed by atoms with Crippen molar-refractivity contribution in [3.63, 3.8) is 0 Å². The highest BCUT2D eigenvalue weighted by Gasteiger charge is 2.30. The molecule has 184 valence electrons. The van der Waals surface area contributed by atoms with E-state index in [-0.39, 0.29) is 16.8 Å². The van der Waals surface area contributed by atoms with Crippen LogP contribution in [0, 0.1) is 6.92 Å². The number of nitrogens with zero attached hydrogens (tertiary/aromatic N) is 2. The Hall–Kier alpha value is -4.46. The van der Waals surface area contributed by atoms with Crippen LogP contribution in [0.15, 0.2) is 60.7 Å². The fraction of sp³-hybridized carbons (Fsp3) is 0.214. The summed E-state index contributed by atoms with van der Waals surface area (Å²) >= 11 is 0. The van der Waals surface area contributed by atoms with Crippen molar-refractivity contribution < 1.29 is 24.2 Å². The molecule has 2 aromatic carbocycles. The summed E-state index contributed by atoms with van der Waals surface area (Å²) in [5.41, 5.74) is 10.7. The van der Waals surface area contributed by atoms with Gasteiger partial charge >= 0.3 is 5.97 Å². The number of amides is 1. The zero-order chi connectivity index (χ0) is 26.0. The number of nitrogens with two attached hydrogens (primary N) is 1. The number of carboxylic acid groups (broad SMARTS) is 1. The smallest absolute Gasteiger partial charge is 0.344 e. The molecule has 0 fully saturated rings. The predicted molar refractivity (Wildman–Crippen MR) is 135 cm³/mol. The first-order valence-corrected chi connectivity index (χ1v) is 11.6. The van der Waals surface area contributed by atoms with Crippen molar-refractivity contribution in [1.29, 1.82) is 0 Å².